The van der Waals surface area contributed by atoms with Gasteiger partial charge < -0.3 is 14.8 Å². The summed E-state index contributed by atoms with van der Waals surface area (Å²) in [6, 6.07) is 8.11. The topological polar surface area (TPSA) is 54.3 Å². The van der Waals surface area contributed by atoms with Crippen LogP contribution < -0.4 is 14.8 Å². The molecular formula is C14H20N2O2. The standard InChI is InChI=1S/C14H20N2O2/c1-11(9-15)10-16-7-6-12-4-5-13(17-2)14(8-12)18-3/h4-5,8,11,16H,6-7,10H2,1-3H3. The Hall–Kier alpha value is -1.73. The minimum atomic E-state index is 0.0513. The highest BCUT2D eigenvalue weighted by molar-refractivity contribution is 5.42. The molecule has 1 atom stereocenters. The van der Waals surface area contributed by atoms with E-state index in [2.05, 4.69) is 11.4 Å². The van der Waals surface area contributed by atoms with E-state index in [1.54, 1.807) is 14.2 Å². The molecule has 0 amide bonds. The van der Waals surface area contributed by atoms with E-state index in [0.717, 1.165) is 31.0 Å². The minimum Gasteiger partial charge on any atom is -0.493 e. The molecule has 1 unspecified atom stereocenters. The van der Waals surface area contributed by atoms with Gasteiger partial charge in [0.05, 0.1) is 26.2 Å². The van der Waals surface area contributed by atoms with Crippen LogP contribution in [0.2, 0.25) is 0 Å². The van der Waals surface area contributed by atoms with Gasteiger partial charge in [-0.15, -0.1) is 0 Å². The summed E-state index contributed by atoms with van der Waals surface area (Å²) in [5.74, 6) is 1.54. The Morgan fingerprint density at radius 2 is 2.00 bits per heavy atom. The fourth-order valence-corrected chi connectivity index (χ4v) is 1.63. The van der Waals surface area contributed by atoms with Crippen molar-refractivity contribution in [3.63, 3.8) is 0 Å². The smallest absolute Gasteiger partial charge is 0.160 e. The Bertz CT molecular complexity index is 413. The highest BCUT2D eigenvalue weighted by Crippen LogP contribution is 2.27. The summed E-state index contributed by atoms with van der Waals surface area (Å²) < 4.78 is 10.4. The van der Waals surface area contributed by atoms with E-state index in [0.29, 0.717) is 0 Å². The molecule has 0 saturated carbocycles. The third-order valence-corrected chi connectivity index (χ3v) is 2.71. The van der Waals surface area contributed by atoms with Gasteiger partial charge in [-0.25, -0.2) is 0 Å². The number of nitrogens with zero attached hydrogens (tertiary/aromatic N) is 1. The first-order valence-corrected chi connectivity index (χ1v) is 6.02. The first kappa shape index (κ1) is 14.3. The molecule has 0 saturated heterocycles. The Balaban J connectivity index is 2.46. The average molecular weight is 248 g/mol. The lowest BCUT2D eigenvalue weighted by Gasteiger charge is -2.10. The van der Waals surface area contributed by atoms with E-state index in [9.17, 15) is 0 Å². The molecule has 18 heavy (non-hydrogen) atoms. The van der Waals surface area contributed by atoms with E-state index in [4.69, 9.17) is 14.7 Å². The molecular weight excluding hydrogens is 228 g/mol. The van der Waals surface area contributed by atoms with Crippen molar-refractivity contribution in [2.75, 3.05) is 27.3 Å². The third kappa shape index (κ3) is 4.27. The maximum Gasteiger partial charge on any atom is 0.160 e. The predicted molar refractivity (Wildman–Crippen MR) is 70.9 cm³/mol. The molecule has 1 aromatic carbocycles. The van der Waals surface area contributed by atoms with Crippen molar-refractivity contribution in [2.24, 2.45) is 5.92 Å². The highest BCUT2D eigenvalue weighted by atomic mass is 16.5. The molecule has 4 heteroatoms. The molecule has 0 fully saturated rings. The van der Waals surface area contributed by atoms with Crippen molar-refractivity contribution in [1.82, 2.24) is 5.32 Å². The molecule has 0 aliphatic heterocycles. The van der Waals surface area contributed by atoms with Gasteiger partial charge in [0.25, 0.3) is 0 Å². The Morgan fingerprint density at radius 1 is 1.28 bits per heavy atom. The summed E-state index contributed by atoms with van der Waals surface area (Å²) in [5.41, 5.74) is 1.18. The van der Waals surface area contributed by atoms with Gasteiger partial charge in [0.2, 0.25) is 0 Å². The van der Waals surface area contributed by atoms with Crippen LogP contribution in [-0.2, 0) is 6.42 Å². The fraction of sp³-hybridized carbons (Fsp3) is 0.500. The van der Waals surface area contributed by atoms with E-state index >= 15 is 0 Å². The van der Waals surface area contributed by atoms with Gasteiger partial charge in [-0.1, -0.05) is 6.07 Å². The number of benzene rings is 1. The van der Waals surface area contributed by atoms with E-state index in [1.165, 1.54) is 5.56 Å². The monoisotopic (exact) mass is 248 g/mol. The normalized spacial score (nSPS) is 11.7. The first-order valence-electron chi connectivity index (χ1n) is 6.02. The Kier molecular flexibility index (Phi) is 6.03. The number of methoxy groups -OCH3 is 2. The second-order valence-corrected chi connectivity index (χ2v) is 4.17. The number of hydrogen-bond acceptors (Lipinski definition) is 4. The zero-order valence-electron chi connectivity index (χ0n) is 11.2. The molecule has 1 N–H and O–H groups in total. The van der Waals surface area contributed by atoms with Gasteiger partial charge in [0, 0.05) is 6.54 Å². The second kappa shape index (κ2) is 7.57. The largest absolute Gasteiger partial charge is 0.493 e. The van der Waals surface area contributed by atoms with Crippen LogP contribution in [0.25, 0.3) is 0 Å². The summed E-state index contributed by atoms with van der Waals surface area (Å²) in [5, 5.41) is 11.9. The number of nitrogens with one attached hydrogen (secondary N) is 1. The molecule has 0 radical (unpaired) electrons. The van der Waals surface area contributed by atoms with Crippen LogP contribution in [0, 0.1) is 17.2 Å². The predicted octanol–water partition coefficient (Wildman–Crippen LogP) is 2.00. The van der Waals surface area contributed by atoms with Crippen molar-refractivity contribution in [3.05, 3.63) is 23.8 Å². The summed E-state index contributed by atoms with van der Waals surface area (Å²) in [6.45, 7) is 3.48. The maximum absolute atomic E-state index is 8.66. The number of ether oxygens (including phenoxy) is 2. The number of hydrogen-bond donors (Lipinski definition) is 1. The molecule has 0 bridgehead atoms. The first-order chi connectivity index (χ1) is 8.71. The third-order valence-electron chi connectivity index (χ3n) is 2.71. The quantitative estimate of drug-likeness (QED) is 0.750. The molecule has 98 valence electrons. The van der Waals surface area contributed by atoms with E-state index in [-0.39, 0.29) is 5.92 Å². The van der Waals surface area contributed by atoms with Crippen LogP contribution >= 0.6 is 0 Å². The highest BCUT2D eigenvalue weighted by Gasteiger charge is 2.04. The molecule has 0 aromatic heterocycles. The van der Waals surface area contributed by atoms with E-state index < -0.39 is 0 Å². The lowest BCUT2D eigenvalue weighted by Crippen LogP contribution is -2.22. The van der Waals surface area contributed by atoms with Gasteiger partial charge in [-0.3, -0.25) is 0 Å². The van der Waals surface area contributed by atoms with Crippen LogP contribution in [0.4, 0.5) is 0 Å². The van der Waals surface area contributed by atoms with Crippen LogP contribution in [0.3, 0.4) is 0 Å². The van der Waals surface area contributed by atoms with E-state index in [1.807, 2.05) is 25.1 Å². The van der Waals surface area contributed by atoms with Crippen LogP contribution in [0.15, 0.2) is 18.2 Å². The van der Waals surface area contributed by atoms with Gasteiger partial charge >= 0.3 is 0 Å². The summed E-state index contributed by atoms with van der Waals surface area (Å²) in [6.07, 6.45) is 0.901. The van der Waals surface area contributed by atoms with Crippen molar-refractivity contribution >= 4 is 0 Å². The molecule has 0 aliphatic carbocycles. The maximum atomic E-state index is 8.66. The van der Waals surface area contributed by atoms with Gasteiger partial charge in [-0.05, 0) is 37.6 Å². The van der Waals surface area contributed by atoms with Crippen molar-refractivity contribution in [2.45, 2.75) is 13.3 Å². The molecule has 1 aromatic rings. The molecule has 0 spiro atoms. The lowest BCUT2D eigenvalue weighted by atomic mass is 10.1. The molecule has 4 nitrogen and oxygen atoms in total. The van der Waals surface area contributed by atoms with Crippen molar-refractivity contribution in [1.29, 1.82) is 5.26 Å². The van der Waals surface area contributed by atoms with Crippen LogP contribution in [0.1, 0.15) is 12.5 Å². The molecule has 0 aliphatic rings. The van der Waals surface area contributed by atoms with Crippen molar-refractivity contribution < 1.29 is 9.47 Å². The molecule has 1 rings (SSSR count). The zero-order valence-corrected chi connectivity index (χ0v) is 11.2. The number of nitriles is 1. The average Bonchev–Trinajstić information content (AvgIpc) is 2.42. The lowest BCUT2D eigenvalue weighted by molar-refractivity contribution is 0.354. The van der Waals surface area contributed by atoms with Crippen molar-refractivity contribution in [3.8, 4) is 17.6 Å². The summed E-state index contributed by atoms with van der Waals surface area (Å²) in [4.78, 5) is 0. The summed E-state index contributed by atoms with van der Waals surface area (Å²) in [7, 11) is 3.26. The SMILES string of the molecule is COc1ccc(CCNCC(C)C#N)cc1OC. The Morgan fingerprint density at radius 3 is 2.61 bits per heavy atom. The summed E-state index contributed by atoms with van der Waals surface area (Å²) >= 11 is 0. The second-order valence-electron chi connectivity index (χ2n) is 4.17. The fourth-order valence-electron chi connectivity index (χ4n) is 1.63. The number of rotatable bonds is 7. The van der Waals surface area contributed by atoms with Crippen LogP contribution in [0.5, 0.6) is 11.5 Å². The minimum absolute atomic E-state index is 0.0513. The van der Waals surface area contributed by atoms with Gasteiger partial charge in [-0.2, -0.15) is 5.26 Å². The van der Waals surface area contributed by atoms with Gasteiger partial charge in [0.1, 0.15) is 0 Å². The van der Waals surface area contributed by atoms with Gasteiger partial charge in [0.15, 0.2) is 11.5 Å². The molecule has 0 heterocycles. The Labute approximate surface area is 109 Å². The van der Waals surface area contributed by atoms with Crippen LogP contribution in [-0.4, -0.2) is 27.3 Å². The zero-order chi connectivity index (χ0) is 13.4.